The predicted octanol–water partition coefficient (Wildman–Crippen LogP) is 2.44. The van der Waals surface area contributed by atoms with Crippen LogP contribution in [0.1, 0.15) is 10.5 Å². The molecule has 98 valence electrons. The van der Waals surface area contributed by atoms with Crippen molar-refractivity contribution in [3.05, 3.63) is 39.6 Å². The minimum Gasteiger partial charge on any atom is -0.505 e. The quantitative estimate of drug-likeness (QED) is 0.743. The lowest BCUT2D eigenvalue weighted by Crippen LogP contribution is -2.16. The fraction of sp³-hybridized carbons (Fsp3) is 0. The van der Waals surface area contributed by atoms with Crippen LogP contribution in [0.5, 0.6) is 5.75 Å². The Balaban J connectivity index is 2.45. The maximum Gasteiger partial charge on any atom is 0.271 e. The number of halogens is 2. The van der Waals surface area contributed by atoms with Crippen LogP contribution in [-0.4, -0.2) is 21.2 Å². The van der Waals surface area contributed by atoms with Crippen molar-refractivity contribution in [3.63, 3.8) is 0 Å². The number of hydrogen-bond acceptors (Lipinski definition) is 5. The third-order valence-electron chi connectivity index (χ3n) is 2.25. The van der Waals surface area contributed by atoms with Crippen molar-refractivity contribution in [2.45, 2.75) is 0 Å². The Labute approximate surface area is 121 Å². The number of phenols is 1. The first kappa shape index (κ1) is 13.6. The van der Waals surface area contributed by atoms with Gasteiger partial charge < -0.3 is 16.2 Å². The zero-order chi connectivity index (χ0) is 14.0. The first-order valence-electron chi connectivity index (χ1n) is 5.06. The Kier molecular flexibility index (Phi) is 3.87. The number of amides is 1. The third-order valence-corrected chi connectivity index (χ3v) is 3.08. The van der Waals surface area contributed by atoms with Gasteiger partial charge in [-0.2, -0.15) is 0 Å². The van der Waals surface area contributed by atoms with Crippen LogP contribution in [0.3, 0.4) is 0 Å². The summed E-state index contributed by atoms with van der Waals surface area (Å²) in [5.41, 5.74) is 5.76. The molecule has 0 bridgehead atoms. The highest BCUT2D eigenvalue weighted by Crippen LogP contribution is 2.34. The van der Waals surface area contributed by atoms with Crippen LogP contribution in [0.2, 0.25) is 5.15 Å². The molecule has 0 aliphatic heterocycles. The summed E-state index contributed by atoms with van der Waals surface area (Å²) < 4.78 is 0.506. The topological polar surface area (TPSA) is 101 Å². The largest absolute Gasteiger partial charge is 0.505 e. The average molecular weight is 344 g/mol. The maximum atomic E-state index is 11.2. The minimum absolute atomic E-state index is 0.00847. The average Bonchev–Trinajstić information content (AvgIpc) is 2.35. The van der Waals surface area contributed by atoms with Gasteiger partial charge in [0.05, 0.1) is 15.8 Å². The van der Waals surface area contributed by atoms with Gasteiger partial charge in [0.15, 0.2) is 16.6 Å². The van der Waals surface area contributed by atoms with Gasteiger partial charge in [-0.3, -0.25) is 4.79 Å². The molecule has 0 saturated carbocycles. The first-order chi connectivity index (χ1) is 8.99. The van der Waals surface area contributed by atoms with Gasteiger partial charge in [0.1, 0.15) is 0 Å². The van der Waals surface area contributed by atoms with Gasteiger partial charge in [-0.05, 0) is 28.1 Å². The number of primary amides is 1. The van der Waals surface area contributed by atoms with Crippen LogP contribution in [0.4, 0.5) is 11.4 Å². The van der Waals surface area contributed by atoms with Crippen molar-refractivity contribution in [2.24, 2.45) is 5.73 Å². The van der Waals surface area contributed by atoms with Crippen LogP contribution in [0.25, 0.3) is 0 Å². The smallest absolute Gasteiger partial charge is 0.271 e. The second-order valence-corrected chi connectivity index (χ2v) is 4.80. The van der Waals surface area contributed by atoms with Crippen LogP contribution in [0, 0.1) is 0 Å². The number of aromatic hydroxyl groups is 1. The highest BCUT2D eigenvalue weighted by atomic mass is 79.9. The van der Waals surface area contributed by atoms with E-state index < -0.39 is 5.91 Å². The van der Waals surface area contributed by atoms with Gasteiger partial charge in [0, 0.05) is 6.07 Å². The molecule has 4 N–H and O–H groups in total. The molecule has 6 nitrogen and oxygen atoms in total. The number of nitrogens with two attached hydrogens (primary N) is 1. The molecule has 1 aromatic carbocycles. The molecule has 0 saturated heterocycles. The van der Waals surface area contributed by atoms with E-state index in [-0.39, 0.29) is 22.3 Å². The Morgan fingerprint density at radius 3 is 2.79 bits per heavy atom. The summed E-state index contributed by atoms with van der Waals surface area (Å²) in [5, 5.41) is 20.0. The molecule has 2 aromatic rings. The molecular weight excluding hydrogens is 336 g/mol. The number of hydrogen-bond donors (Lipinski definition) is 3. The van der Waals surface area contributed by atoms with Crippen molar-refractivity contribution in [1.29, 1.82) is 0 Å². The van der Waals surface area contributed by atoms with Crippen molar-refractivity contribution < 1.29 is 9.90 Å². The number of aromatic nitrogens is 2. The Hall–Kier alpha value is -1.86. The van der Waals surface area contributed by atoms with Gasteiger partial charge in [-0.1, -0.05) is 17.7 Å². The minimum atomic E-state index is -0.749. The molecule has 0 atom stereocenters. The van der Waals surface area contributed by atoms with E-state index in [4.69, 9.17) is 17.3 Å². The first-order valence-corrected chi connectivity index (χ1v) is 6.23. The molecule has 0 radical (unpaired) electrons. The van der Waals surface area contributed by atoms with Gasteiger partial charge in [-0.15, -0.1) is 10.2 Å². The van der Waals surface area contributed by atoms with Crippen molar-refractivity contribution in [3.8, 4) is 5.75 Å². The zero-order valence-corrected chi connectivity index (χ0v) is 11.7. The lowest BCUT2D eigenvalue weighted by atomic mass is 10.2. The summed E-state index contributed by atoms with van der Waals surface area (Å²) in [6, 6.07) is 6.41. The summed E-state index contributed by atoms with van der Waals surface area (Å²) >= 11 is 8.91. The number of rotatable bonds is 3. The van der Waals surface area contributed by atoms with E-state index in [0.29, 0.717) is 10.2 Å². The summed E-state index contributed by atoms with van der Waals surface area (Å²) in [4.78, 5) is 11.2. The molecule has 2 rings (SSSR count). The summed E-state index contributed by atoms with van der Waals surface area (Å²) in [6.07, 6.45) is 0. The van der Waals surface area contributed by atoms with Crippen molar-refractivity contribution in [2.75, 3.05) is 5.32 Å². The van der Waals surface area contributed by atoms with E-state index in [1.165, 1.54) is 6.07 Å². The van der Waals surface area contributed by atoms with Gasteiger partial charge >= 0.3 is 0 Å². The molecule has 1 aromatic heterocycles. The molecular formula is C11H8BrClN4O2. The monoisotopic (exact) mass is 342 g/mol. The van der Waals surface area contributed by atoms with E-state index in [1.54, 1.807) is 18.2 Å². The number of anilines is 2. The van der Waals surface area contributed by atoms with E-state index in [1.807, 2.05) is 0 Å². The molecule has 1 amide bonds. The lowest BCUT2D eigenvalue weighted by Gasteiger charge is -2.11. The fourth-order valence-corrected chi connectivity index (χ4v) is 1.92. The number of carbonyl (C=O) groups excluding carboxylic acids is 1. The molecule has 0 fully saturated rings. The second kappa shape index (κ2) is 5.41. The number of nitrogens with one attached hydrogen (secondary N) is 1. The number of phenolic OH excluding ortho intramolecular Hbond substituents is 1. The molecule has 0 aliphatic rings. The number of nitrogens with zero attached hydrogens (tertiary/aromatic N) is 2. The standard InChI is InChI=1S/C11H8BrClN4O2/c12-5-2-1-3-6(10(5)18)15-7-4-8(13)16-17-9(7)11(14)19/h1-4,18H,(H2,14,19)(H,15,16). The Morgan fingerprint density at radius 1 is 1.37 bits per heavy atom. The number of para-hydroxylation sites is 1. The van der Waals surface area contributed by atoms with Crippen molar-refractivity contribution in [1.82, 2.24) is 10.2 Å². The molecule has 0 spiro atoms. The summed E-state index contributed by atoms with van der Waals surface area (Å²) in [6.45, 7) is 0. The predicted molar refractivity (Wildman–Crippen MR) is 74.6 cm³/mol. The van der Waals surface area contributed by atoms with Gasteiger partial charge in [-0.25, -0.2) is 0 Å². The zero-order valence-electron chi connectivity index (χ0n) is 9.39. The number of carbonyl (C=O) groups is 1. The van der Waals surface area contributed by atoms with Crippen molar-refractivity contribution >= 4 is 44.8 Å². The molecule has 8 heteroatoms. The van der Waals surface area contributed by atoms with Crippen LogP contribution in [0.15, 0.2) is 28.7 Å². The number of benzene rings is 1. The van der Waals surface area contributed by atoms with Crippen LogP contribution in [-0.2, 0) is 0 Å². The highest BCUT2D eigenvalue weighted by Gasteiger charge is 2.14. The molecule has 19 heavy (non-hydrogen) atoms. The van der Waals surface area contributed by atoms with Gasteiger partial charge in [0.25, 0.3) is 5.91 Å². The second-order valence-electron chi connectivity index (χ2n) is 3.55. The SMILES string of the molecule is NC(=O)c1nnc(Cl)cc1Nc1cccc(Br)c1O. The summed E-state index contributed by atoms with van der Waals surface area (Å²) in [5.74, 6) is -0.757. The molecule has 1 heterocycles. The normalized spacial score (nSPS) is 10.2. The van der Waals surface area contributed by atoms with E-state index in [0.717, 1.165) is 0 Å². The maximum absolute atomic E-state index is 11.2. The van der Waals surface area contributed by atoms with Crippen LogP contribution < -0.4 is 11.1 Å². The lowest BCUT2D eigenvalue weighted by molar-refractivity contribution is 0.0995. The molecule has 0 unspecified atom stereocenters. The third kappa shape index (κ3) is 2.94. The Bertz CT molecular complexity index is 651. The van der Waals surface area contributed by atoms with Crippen LogP contribution >= 0.6 is 27.5 Å². The summed E-state index contributed by atoms with van der Waals surface area (Å²) in [7, 11) is 0. The fourth-order valence-electron chi connectivity index (χ4n) is 1.41. The van der Waals surface area contributed by atoms with E-state index in [9.17, 15) is 9.90 Å². The van der Waals surface area contributed by atoms with E-state index >= 15 is 0 Å². The van der Waals surface area contributed by atoms with E-state index in [2.05, 4.69) is 31.4 Å². The van der Waals surface area contributed by atoms with Gasteiger partial charge in [0.2, 0.25) is 0 Å². The Morgan fingerprint density at radius 2 is 2.11 bits per heavy atom. The molecule has 0 aliphatic carbocycles. The highest BCUT2D eigenvalue weighted by molar-refractivity contribution is 9.10.